The van der Waals surface area contributed by atoms with Crippen molar-refractivity contribution in [2.45, 2.75) is 4.90 Å². The van der Waals surface area contributed by atoms with Gasteiger partial charge in [0.15, 0.2) is 11.6 Å². The minimum Gasteiger partial charge on any atom is -0.496 e. The molecule has 6 nitrogen and oxygen atoms in total. The highest BCUT2D eigenvalue weighted by Gasteiger charge is 2.36. The maximum atomic E-state index is 14.0. The van der Waals surface area contributed by atoms with Crippen molar-refractivity contribution in [2.75, 3.05) is 7.11 Å². The molecular weight excluding hydrogens is 450 g/mol. The molecule has 0 radical (unpaired) electrons. The largest absolute Gasteiger partial charge is 0.496 e. The lowest BCUT2D eigenvalue weighted by Crippen LogP contribution is -2.23. The Bertz CT molecular complexity index is 1780. The van der Waals surface area contributed by atoms with Crippen LogP contribution in [-0.2, 0) is 10.0 Å². The summed E-state index contributed by atoms with van der Waals surface area (Å²) in [5, 5.41) is 1.08. The number of hydrogen-bond acceptors (Lipinski definition) is 5. The summed E-state index contributed by atoms with van der Waals surface area (Å²) in [6.45, 7) is 0. The molecular formula is C27H17NO5S. The molecule has 166 valence electrons. The number of ketones is 2. The Balaban J connectivity index is 1.86. The number of hydrogen-bond donors (Lipinski definition) is 0. The molecule has 6 rings (SSSR count). The smallest absolute Gasteiger partial charge is 0.268 e. The Morgan fingerprint density at radius 1 is 0.735 bits per heavy atom. The van der Waals surface area contributed by atoms with E-state index < -0.39 is 15.8 Å². The Morgan fingerprint density at radius 2 is 1.35 bits per heavy atom. The highest BCUT2D eigenvalue weighted by atomic mass is 32.2. The van der Waals surface area contributed by atoms with Crippen LogP contribution >= 0.6 is 0 Å². The monoisotopic (exact) mass is 467 g/mol. The fourth-order valence-electron chi connectivity index (χ4n) is 4.77. The van der Waals surface area contributed by atoms with Crippen LogP contribution in [0, 0.1) is 0 Å². The van der Waals surface area contributed by atoms with Crippen molar-refractivity contribution in [1.29, 1.82) is 0 Å². The number of nitrogens with zero attached hydrogens (tertiary/aromatic N) is 1. The number of benzene rings is 4. The van der Waals surface area contributed by atoms with Gasteiger partial charge in [0.25, 0.3) is 10.0 Å². The quantitative estimate of drug-likeness (QED) is 0.373. The molecule has 1 aliphatic carbocycles. The summed E-state index contributed by atoms with van der Waals surface area (Å²) in [6, 6.07) is 23.1. The van der Waals surface area contributed by atoms with Crippen LogP contribution in [-0.4, -0.2) is 31.1 Å². The van der Waals surface area contributed by atoms with Gasteiger partial charge in [-0.05, 0) is 24.3 Å². The Kier molecular flexibility index (Phi) is 4.28. The third-order valence-electron chi connectivity index (χ3n) is 6.25. The maximum absolute atomic E-state index is 14.0. The van der Waals surface area contributed by atoms with Gasteiger partial charge in [-0.15, -0.1) is 0 Å². The predicted molar refractivity (Wildman–Crippen MR) is 128 cm³/mol. The number of para-hydroxylation sites is 1. The van der Waals surface area contributed by atoms with Gasteiger partial charge in [-0.25, -0.2) is 12.4 Å². The van der Waals surface area contributed by atoms with Crippen molar-refractivity contribution in [2.24, 2.45) is 0 Å². The van der Waals surface area contributed by atoms with E-state index in [4.69, 9.17) is 4.74 Å². The Morgan fingerprint density at radius 3 is 2.06 bits per heavy atom. The molecule has 0 saturated heterocycles. The first-order chi connectivity index (χ1) is 16.4. The van der Waals surface area contributed by atoms with Crippen molar-refractivity contribution in [1.82, 2.24) is 3.97 Å². The number of ether oxygens (including phenoxy) is 1. The van der Waals surface area contributed by atoms with E-state index in [2.05, 4.69) is 0 Å². The summed E-state index contributed by atoms with van der Waals surface area (Å²) >= 11 is 0. The molecule has 1 aliphatic rings. The van der Waals surface area contributed by atoms with Crippen molar-refractivity contribution < 1.29 is 22.7 Å². The average Bonchev–Trinajstić information content (AvgIpc) is 3.23. The summed E-state index contributed by atoms with van der Waals surface area (Å²) in [5.41, 5.74) is 1.27. The van der Waals surface area contributed by atoms with Gasteiger partial charge in [0.1, 0.15) is 5.75 Å². The second-order valence-electron chi connectivity index (χ2n) is 8.03. The molecule has 7 heteroatoms. The van der Waals surface area contributed by atoms with E-state index in [0.29, 0.717) is 22.0 Å². The summed E-state index contributed by atoms with van der Waals surface area (Å²) in [7, 11) is -2.67. The van der Waals surface area contributed by atoms with Gasteiger partial charge in [-0.1, -0.05) is 60.7 Å². The number of fused-ring (bicyclic) bond motifs is 6. The van der Waals surface area contributed by atoms with Gasteiger partial charge in [0.2, 0.25) is 0 Å². The maximum Gasteiger partial charge on any atom is 0.268 e. The SMILES string of the molecule is COc1cc2c(c3c1c1ccccc1n3S(=O)(=O)c1ccccc1)C(=O)c1ccccc1C2=O. The van der Waals surface area contributed by atoms with E-state index in [9.17, 15) is 18.0 Å². The zero-order valence-corrected chi connectivity index (χ0v) is 18.8. The van der Waals surface area contributed by atoms with E-state index in [0.717, 1.165) is 0 Å². The average molecular weight is 468 g/mol. The van der Waals surface area contributed by atoms with E-state index in [-0.39, 0.29) is 38.4 Å². The lowest BCUT2D eigenvalue weighted by Gasteiger charge is -2.20. The van der Waals surface area contributed by atoms with Crippen LogP contribution in [0.15, 0.2) is 89.8 Å². The van der Waals surface area contributed by atoms with E-state index in [1.807, 2.05) is 0 Å². The fraction of sp³-hybridized carbons (Fsp3) is 0.0370. The van der Waals surface area contributed by atoms with Crippen LogP contribution in [0.3, 0.4) is 0 Å². The van der Waals surface area contributed by atoms with Crippen LogP contribution in [0.25, 0.3) is 21.8 Å². The Labute approximate surface area is 195 Å². The number of rotatable bonds is 3. The molecule has 0 unspecified atom stereocenters. The molecule has 0 spiro atoms. The van der Waals surface area contributed by atoms with Crippen LogP contribution in [0.2, 0.25) is 0 Å². The van der Waals surface area contributed by atoms with Crippen LogP contribution in [0.1, 0.15) is 31.8 Å². The van der Waals surface area contributed by atoms with Gasteiger partial charge >= 0.3 is 0 Å². The number of carbonyl (C=O) groups excluding carboxylic acids is 2. The third kappa shape index (κ3) is 2.58. The summed E-state index contributed by atoms with van der Waals surface area (Å²) < 4.78 is 34.7. The van der Waals surface area contributed by atoms with Crippen LogP contribution in [0.4, 0.5) is 0 Å². The Hall–Kier alpha value is -4.23. The van der Waals surface area contributed by atoms with Gasteiger partial charge < -0.3 is 4.74 Å². The second kappa shape index (κ2) is 7.13. The highest BCUT2D eigenvalue weighted by molar-refractivity contribution is 7.90. The molecule has 0 saturated carbocycles. The molecule has 1 heterocycles. The van der Waals surface area contributed by atoms with Crippen LogP contribution in [0.5, 0.6) is 5.75 Å². The number of methoxy groups -OCH3 is 1. The number of carbonyl (C=O) groups is 2. The summed E-state index contributed by atoms with van der Waals surface area (Å²) in [4.78, 5) is 27.3. The predicted octanol–water partition coefficient (Wildman–Crippen LogP) is 4.82. The molecule has 1 aromatic heterocycles. The van der Waals surface area contributed by atoms with Gasteiger partial charge in [-0.2, -0.15) is 0 Å². The zero-order chi connectivity index (χ0) is 23.6. The van der Waals surface area contributed by atoms with E-state index in [1.54, 1.807) is 72.8 Å². The first-order valence-corrected chi connectivity index (χ1v) is 12.0. The van der Waals surface area contributed by atoms with Crippen molar-refractivity contribution >= 4 is 43.4 Å². The molecule has 4 aromatic carbocycles. The first kappa shape index (κ1) is 20.4. The van der Waals surface area contributed by atoms with E-state index >= 15 is 0 Å². The summed E-state index contributed by atoms with van der Waals surface area (Å²) in [6.07, 6.45) is 0. The van der Waals surface area contributed by atoms with Gasteiger partial charge in [0.05, 0.1) is 34.0 Å². The van der Waals surface area contributed by atoms with Crippen molar-refractivity contribution in [3.8, 4) is 5.75 Å². The van der Waals surface area contributed by atoms with Gasteiger partial charge in [0, 0.05) is 22.1 Å². The topological polar surface area (TPSA) is 82.4 Å². The lowest BCUT2D eigenvalue weighted by atomic mass is 9.83. The number of aromatic nitrogens is 1. The molecule has 5 aromatic rings. The second-order valence-corrected chi connectivity index (χ2v) is 9.82. The molecule has 0 amide bonds. The zero-order valence-electron chi connectivity index (χ0n) is 18.0. The lowest BCUT2D eigenvalue weighted by molar-refractivity contribution is 0.0980. The third-order valence-corrected chi connectivity index (χ3v) is 7.98. The molecule has 34 heavy (non-hydrogen) atoms. The standard InChI is InChI=1S/C27H17NO5S/c1-33-22-15-20-24(27(30)18-12-6-5-11-17(18)26(20)29)25-23(22)19-13-7-8-14-21(19)28(25)34(31,32)16-9-3-2-4-10-16/h2-15H,1H3. The van der Waals surface area contributed by atoms with Crippen molar-refractivity contribution in [3.05, 3.63) is 107 Å². The minimum atomic E-state index is -4.13. The van der Waals surface area contributed by atoms with Gasteiger partial charge in [-0.3, -0.25) is 9.59 Å². The normalized spacial score (nSPS) is 13.2. The van der Waals surface area contributed by atoms with E-state index in [1.165, 1.54) is 23.2 Å². The van der Waals surface area contributed by atoms with Crippen LogP contribution < -0.4 is 4.74 Å². The highest BCUT2D eigenvalue weighted by Crippen LogP contribution is 2.43. The molecule has 0 bridgehead atoms. The van der Waals surface area contributed by atoms with Crippen molar-refractivity contribution in [3.63, 3.8) is 0 Å². The summed E-state index contributed by atoms with van der Waals surface area (Å²) in [5.74, 6) is -0.419. The molecule has 0 fully saturated rings. The molecule has 0 N–H and O–H groups in total. The first-order valence-electron chi connectivity index (χ1n) is 10.6. The molecule has 0 aliphatic heterocycles. The minimum absolute atomic E-state index is 0.0650. The molecule has 0 atom stereocenters. The fourth-order valence-corrected chi connectivity index (χ4v) is 6.32.